The van der Waals surface area contributed by atoms with Gasteiger partial charge in [-0.1, -0.05) is 12.1 Å². The van der Waals surface area contributed by atoms with Crippen molar-refractivity contribution in [2.24, 2.45) is 0 Å². The van der Waals surface area contributed by atoms with Crippen LogP contribution in [-0.2, 0) is 0 Å². The Morgan fingerprint density at radius 1 is 1.37 bits per heavy atom. The van der Waals surface area contributed by atoms with Crippen molar-refractivity contribution in [3.05, 3.63) is 51.1 Å². The highest BCUT2D eigenvalue weighted by Crippen LogP contribution is 2.26. The van der Waals surface area contributed by atoms with Crippen LogP contribution in [0.1, 0.15) is 36.1 Å². The molecule has 146 valence electrons. The van der Waals surface area contributed by atoms with Gasteiger partial charge in [0.1, 0.15) is 23.9 Å². The smallest absolute Gasteiger partial charge is 0.266 e. The third kappa shape index (κ3) is 4.44. The molecule has 10 heteroatoms. The summed E-state index contributed by atoms with van der Waals surface area (Å²) < 4.78 is 52.2. The highest BCUT2D eigenvalue weighted by atomic mass is 19.3. The molecule has 0 aliphatic rings. The molecule has 1 atom stereocenters. The van der Waals surface area contributed by atoms with Crippen LogP contribution in [0.3, 0.4) is 0 Å². The van der Waals surface area contributed by atoms with Crippen molar-refractivity contribution < 1.29 is 17.6 Å². The molecule has 6 nitrogen and oxygen atoms in total. The zero-order valence-corrected chi connectivity index (χ0v) is 14.9. The Morgan fingerprint density at radius 3 is 2.56 bits per heavy atom. The summed E-state index contributed by atoms with van der Waals surface area (Å²) in [4.78, 5) is 20.4. The summed E-state index contributed by atoms with van der Waals surface area (Å²) in [5.74, 6) is -0.944. The molecule has 0 saturated carbocycles. The van der Waals surface area contributed by atoms with Crippen LogP contribution in [-0.4, -0.2) is 36.4 Å². The number of rotatable bonds is 7. The molecule has 0 aliphatic heterocycles. The van der Waals surface area contributed by atoms with Gasteiger partial charge in [0.05, 0.1) is 17.3 Å². The van der Waals surface area contributed by atoms with Crippen molar-refractivity contribution in [1.82, 2.24) is 9.97 Å². The third-order valence-corrected chi connectivity index (χ3v) is 3.88. The fraction of sp³-hybridized carbons (Fsp3) is 0.353. The fourth-order valence-corrected chi connectivity index (χ4v) is 2.40. The minimum atomic E-state index is -2.93. The van der Waals surface area contributed by atoms with Crippen LogP contribution in [0.15, 0.2) is 23.0 Å². The number of hydrogen-bond acceptors (Lipinski definition) is 5. The lowest BCUT2D eigenvalue weighted by atomic mass is 10.0. The van der Waals surface area contributed by atoms with Crippen LogP contribution in [0.5, 0.6) is 0 Å². The topological polar surface area (TPSA) is 84.9 Å². The van der Waals surface area contributed by atoms with Crippen molar-refractivity contribution in [3.8, 4) is 0 Å². The first-order valence-corrected chi connectivity index (χ1v) is 7.95. The molecule has 1 aromatic carbocycles. The SMILES string of the molecule is CC(Nc1nc(N(C)C)[nH]c(=O)c1C(=N)CF)c1ccc(C(F)F)c(F)c1. The average Bonchev–Trinajstić information content (AvgIpc) is 2.60. The molecule has 0 fully saturated rings. The Balaban J connectivity index is 2.44. The van der Waals surface area contributed by atoms with Gasteiger partial charge in [-0.3, -0.25) is 9.78 Å². The molecule has 27 heavy (non-hydrogen) atoms. The lowest BCUT2D eigenvalue weighted by molar-refractivity contribution is 0.146. The molecule has 0 aliphatic carbocycles. The fourth-order valence-electron chi connectivity index (χ4n) is 2.40. The van der Waals surface area contributed by atoms with E-state index in [0.717, 1.165) is 12.1 Å². The van der Waals surface area contributed by atoms with Gasteiger partial charge in [0.25, 0.3) is 12.0 Å². The average molecular weight is 385 g/mol. The maximum Gasteiger partial charge on any atom is 0.266 e. The predicted octanol–water partition coefficient (Wildman–Crippen LogP) is 3.42. The molecule has 2 rings (SSSR count). The molecular weight excluding hydrogens is 366 g/mol. The Hall–Kier alpha value is -2.91. The Bertz CT molecular complexity index is 897. The largest absolute Gasteiger partial charge is 0.363 e. The molecule has 0 bridgehead atoms. The van der Waals surface area contributed by atoms with E-state index in [1.807, 2.05) is 0 Å². The van der Waals surface area contributed by atoms with Crippen LogP contribution < -0.4 is 15.8 Å². The maximum absolute atomic E-state index is 13.8. The highest BCUT2D eigenvalue weighted by Gasteiger charge is 2.20. The predicted molar refractivity (Wildman–Crippen MR) is 95.4 cm³/mol. The van der Waals surface area contributed by atoms with Crippen molar-refractivity contribution in [3.63, 3.8) is 0 Å². The lowest BCUT2D eigenvalue weighted by Gasteiger charge is -2.20. The quantitative estimate of drug-likeness (QED) is 0.504. The molecule has 0 spiro atoms. The van der Waals surface area contributed by atoms with Gasteiger partial charge in [0.2, 0.25) is 5.95 Å². The van der Waals surface area contributed by atoms with E-state index in [0.29, 0.717) is 5.56 Å². The van der Waals surface area contributed by atoms with E-state index < -0.39 is 41.8 Å². The van der Waals surface area contributed by atoms with Gasteiger partial charge in [-0.05, 0) is 18.6 Å². The number of alkyl halides is 3. The molecule has 0 saturated heterocycles. The number of H-pyrrole nitrogens is 1. The van der Waals surface area contributed by atoms with Gasteiger partial charge >= 0.3 is 0 Å². The van der Waals surface area contributed by atoms with E-state index in [9.17, 15) is 22.4 Å². The molecule has 2 aromatic rings. The number of halogens is 4. The third-order valence-electron chi connectivity index (χ3n) is 3.88. The second-order valence-corrected chi connectivity index (χ2v) is 6.07. The highest BCUT2D eigenvalue weighted by molar-refractivity contribution is 6.02. The van der Waals surface area contributed by atoms with Gasteiger partial charge < -0.3 is 15.6 Å². The van der Waals surface area contributed by atoms with Crippen LogP contribution in [0.25, 0.3) is 0 Å². The first-order valence-electron chi connectivity index (χ1n) is 7.95. The van der Waals surface area contributed by atoms with E-state index in [4.69, 9.17) is 5.41 Å². The van der Waals surface area contributed by atoms with Gasteiger partial charge in [-0.15, -0.1) is 0 Å². The summed E-state index contributed by atoms with van der Waals surface area (Å²) in [5, 5.41) is 10.5. The number of anilines is 2. The number of nitrogens with one attached hydrogen (secondary N) is 3. The second kappa shape index (κ2) is 8.19. The Kier molecular flexibility index (Phi) is 6.19. The first-order chi connectivity index (χ1) is 12.6. The van der Waals surface area contributed by atoms with Gasteiger partial charge in [-0.25, -0.2) is 17.6 Å². The zero-order chi connectivity index (χ0) is 20.3. The summed E-state index contributed by atoms with van der Waals surface area (Å²) in [6.07, 6.45) is -2.93. The van der Waals surface area contributed by atoms with E-state index in [2.05, 4.69) is 15.3 Å². The minimum absolute atomic E-state index is 0.0593. The molecule has 0 amide bonds. The van der Waals surface area contributed by atoms with Crippen molar-refractivity contribution >= 4 is 17.5 Å². The van der Waals surface area contributed by atoms with Crippen LogP contribution in [0.2, 0.25) is 0 Å². The molecule has 1 aromatic heterocycles. The molecule has 1 unspecified atom stereocenters. The lowest BCUT2D eigenvalue weighted by Crippen LogP contribution is -2.27. The van der Waals surface area contributed by atoms with Crippen molar-refractivity contribution in [2.45, 2.75) is 19.4 Å². The van der Waals surface area contributed by atoms with Crippen molar-refractivity contribution in [1.29, 1.82) is 5.41 Å². The standard InChI is InChI=1S/C17H19F4N5O/c1-8(9-4-5-10(14(20)21)11(19)6-9)23-15-13(12(22)7-18)16(27)25-17(24-15)26(2)3/h4-6,8,14,22H,7H2,1-3H3,(H2,23,24,25,27). The zero-order valence-electron chi connectivity index (χ0n) is 14.9. The molecule has 3 N–H and O–H groups in total. The Labute approximate surface area is 152 Å². The van der Waals surface area contributed by atoms with Gasteiger partial charge in [0, 0.05) is 14.1 Å². The van der Waals surface area contributed by atoms with E-state index >= 15 is 0 Å². The van der Waals surface area contributed by atoms with Crippen LogP contribution >= 0.6 is 0 Å². The summed E-state index contributed by atoms with van der Waals surface area (Å²) in [5.41, 5.74) is -1.94. The van der Waals surface area contributed by atoms with Crippen molar-refractivity contribution in [2.75, 3.05) is 31.0 Å². The maximum atomic E-state index is 13.8. The van der Waals surface area contributed by atoms with Gasteiger partial charge in [0.15, 0.2) is 0 Å². The number of aromatic nitrogens is 2. The number of hydrogen-bond donors (Lipinski definition) is 3. The Morgan fingerprint density at radius 2 is 2.04 bits per heavy atom. The molecular formula is C17H19F4N5O. The van der Waals surface area contributed by atoms with E-state index in [-0.39, 0.29) is 17.3 Å². The van der Waals surface area contributed by atoms with Crippen LogP contribution in [0, 0.1) is 11.2 Å². The summed E-state index contributed by atoms with van der Waals surface area (Å²) in [6, 6.07) is 2.61. The number of benzene rings is 1. The monoisotopic (exact) mass is 385 g/mol. The minimum Gasteiger partial charge on any atom is -0.363 e. The van der Waals surface area contributed by atoms with E-state index in [1.54, 1.807) is 21.0 Å². The summed E-state index contributed by atoms with van der Waals surface area (Å²) >= 11 is 0. The van der Waals surface area contributed by atoms with Gasteiger partial charge in [-0.2, -0.15) is 4.98 Å². The summed E-state index contributed by atoms with van der Waals surface area (Å²) in [7, 11) is 3.26. The van der Waals surface area contributed by atoms with E-state index in [1.165, 1.54) is 11.0 Å². The van der Waals surface area contributed by atoms with Crippen LogP contribution in [0.4, 0.5) is 29.3 Å². The molecule has 0 radical (unpaired) electrons. The second-order valence-electron chi connectivity index (χ2n) is 6.07. The number of aromatic amines is 1. The first kappa shape index (κ1) is 20.4. The molecule has 1 heterocycles. The normalized spacial score (nSPS) is 12.1. The summed E-state index contributed by atoms with van der Waals surface area (Å²) in [6.45, 7) is 0.421. The number of nitrogens with zero attached hydrogens (tertiary/aromatic N) is 2.